The lowest BCUT2D eigenvalue weighted by molar-refractivity contribution is 0.111. The highest BCUT2D eigenvalue weighted by Crippen LogP contribution is 2.21. The smallest absolute Gasteiger partial charge is 0.212 e. The van der Waals surface area contributed by atoms with Crippen LogP contribution in [0.25, 0.3) is 16.8 Å². The van der Waals surface area contributed by atoms with Gasteiger partial charge in [0.1, 0.15) is 5.75 Å². The number of carbonyl (C=O) groups excluding carboxylic acids is 1. The standard InChI is InChI=1S/C11H9N3O2/c1-16-8-2-3-10-9(4-8)13-11-12-7(6-15)5-14(10)11/h2-6H,1H3,(H,12,13). The van der Waals surface area contributed by atoms with E-state index in [4.69, 9.17) is 4.74 Å². The topological polar surface area (TPSA) is 59.4 Å². The third-order valence-corrected chi connectivity index (χ3v) is 2.55. The predicted molar refractivity (Wildman–Crippen MR) is 59.0 cm³/mol. The maximum Gasteiger partial charge on any atom is 0.212 e. The molecule has 0 spiro atoms. The van der Waals surface area contributed by atoms with Crippen LogP contribution in [-0.4, -0.2) is 27.8 Å². The van der Waals surface area contributed by atoms with Crippen LogP contribution < -0.4 is 4.74 Å². The number of aromatic amines is 1. The molecule has 1 aromatic carbocycles. The van der Waals surface area contributed by atoms with E-state index in [0.29, 0.717) is 11.5 Å². The summed E-state index contributed by atoms with van der Waals surface area (Å²) >= 11 is 0. The number of ether oxygens (including phenoxy) is 1. The summed E-state index contributed by atoms with van der Waals surface area (Å²) in [5, 5.41) is 0. The van der Waals surface area contributed by atoms with E-state index in [1.54, 1.807) is 13.3 Å². The Hall–Kier alpha value is -2.30. The van der Waals surface area contributed by atoms with Gasteiger partial charge in [0.15, 0.2) is 6.29 Å². The molecule has 0 aliphatic heterocycles. The van der Waals surface area contributed by atoms with Crippen molar-refractivity contribution >= 4 is 23.1 Å². The molecule has 1 N–H and O–H groups in total. The summed E-state index contributed by atoms with van der Waals surface area (Å²) < 4.78 is 6.97. The summed E-state index contributed by atoms with van der Waals surface area (Å²) in [6.45, 7) is 0. The molecule has 0 saturated heterocycles. The van der Waals surface area contributed by atoms with Crippen molar-refractivity contribution in [3.05, 3.63) is 30.1 Å². The van der Waals surface area contributed by atoms with Crippen molar-refractivity contribution in [2.75, 3.05) is 7.11 Å². The van der Waals surface area contributed by atoms with Crippen LogP contribution in [0.1, 0.15) is 10.5 Å². The van der Waals surface area contributed by atoms with E-state index >= 15 is 0 Å². The van der Waals surface area contributed by atoms with Gasteiger partial charge in [-0.25, -0.2) is 4.98 Å². The normalized spacial score (nSPS) is 11.1. The minimum absolute atomic E-state index is 0.514. The summed E-state index contributed by atoms with van der Waals surface area (Å²) in [6, 6.07) is 5.64. The van der Waals surface area contributed by atoms with Crippen LogP contribution in [-0.2, 0) is 0 Å². The number of rotatable bonds is 2. The lowest BCUT2D eigenvalue weighted by Gasteiger charge is -1.97. The first kappa shape index (κ1) is 8.96. The van der Waals surface area contributed by atoms with Gasteiger partial charge in [0.05, 0.1) is 23.8 Å². The quantitative estimate of drug-likeness (QED) is 0.661. The number of H-pyrrole nitrogens is 1. The van der Waals surface area contributed by atoms with Gasteiger partial charge in [-0.05, 0) is 12.1 Å². The average molecular weight is 215 g/mol. The van der Waals surface area contributed by atoms with E-state index in [9.17, 15) is 4.79 Å². The molecule has 0 aliphatic carbocycles. The molecule has 2 heterocycles. The van der Waals surface area contributed by atoms with E-state index in [-0.39, 0.29) is 0 Å². The summed E-state index contributed by atoms with van der Waals surface area (Å²) in [7, 11) is 1.62. The molecular weight excluding hydrogens is 206 g/mol. The van der Waals surface area contributed by atoms with Gasteiger partial charge < -0.3 is 9.72 Å². The van der Waals surface area contributed by atoms with E-state index in [1.807, 2.05) is 22.6 Å². The highest BCUT2D eigenvalue weighted by molar-refractivity contribution is 5.83. The summed E-state index contributed by atoms with van der Waals surface area (Å²) in [5.74, 6) is 1.43. The molecule has 0 fully saturated rings. The van der Waals surface area contributed by atoms with E-state index in [2.05, 4.69) is 9.97 Å². The van der Waals surface area contributed by atoms with Gasteiger partial charge >= 0.3 is 0 Å². The first-order valence-corrected chi connectivity index (χ1v) is 4.82. The van der Waals surface area contributed by atoms with Crippen molar-refractivity contribution in [3.63, 3.8) is 0 Å². The van der Waals surface area contributed by atoms with Crippen LogP contribution in [0.2, 0.25) is 0 Å². The third kappa shape index (κ3) is 1.11. The number of carbonyl (C=O) groups is 1. The molecule has 3 aromatic rings. The van der Waals surface area contributed by atoms with Gasteiger partial charge in [-0.15, -0.1) is 0 Å². The summed E-state index contributed by atoms with van der Waals surface area (Å²) in [4.78, 5) is 17.9. The molecule has 3 rings (SSSR count). The summed E-state index contributed by atoms with van der Waals surface area (Å²) in [6.07, 6.45) is 2.49. The van der Waals surface area contributed by atoms with Crippen LogP contribution >= 0.6 is 0 Å². The van der Waals surface area contributed by atoms with E-state index in [0.717, 1.165) is 23.1 Å². The minimum atomic E-state index is 0.514. The molecule has 0 bridgehead atoms. The Balaban J connectivity index is 2.35. The second-order valence-electron chi connectivity index (χ2n) is 3.49. The van der Waals surface area contributed by atoms with Crippen LogP contribution in [0.5, 0.6) is 5.75 Å². The monoisotopic (exact) mass is 215 g/mol. The maximum absolute atomic E-state index is 10.6. The Kier molecular flexibility index (Phi) is 1.73. The van der Waals surface area contributed by atoms with Crippen LogP contribution in [0, 0.1) is 0 Å². The zero-order valence-corrected chi connectivity index (χ0v) is 8.60. The molecule has 16 heavy (non-hydrogen) atoms. The van der Waals surface area contributed by atoms with Crippen LogP contribution in [0.15, 0.2) is 24.4 Å². The Morgan fingerprint density at radius 3 is 3.12 bits per heavy atom. The van der Waals surface area contributed by atoms with Gasteiger partial charge in [-0.1, -0.05) is 0 Å². The number of aldehydes is 1. The Morgan fingerprint density at radius 2 is 2.38 bits per heavy atom. The summed E-state index contributed by atoms with van der Waals surface area (Å²) in [5.41, 5.74) is 2.29. The van der Waals surface area contributed by atoms with Crippen molar-refractivity contribution in [1.82, 2.24) is 14.4 Å². The number of methoxy groups -OCH3 is 1. The van der Waals surface area contributed by atoms with Gasteiger partial charge in [0.2, 0.25) is 5.78 Å². The first-order chi connectivity index (χ1) is 7.81. The number of benzene rings is 1. The molecule has 5 heteroatoms. The number of hydrogen-bond acceptors (Lipinski definition) is 3. The Labute approximate surface area is 90.7 Å². The number of fused-ring (bicyclic) bond motifs is 3. The van der Waals surface area contributed by atoms with E-state index < -0.39 is 0 Å². The van der Waals surface area contributed by atoms with Gasteiger partial charge in [0.25, 0.3) is 0 Å². The number of imidazole rings is 2. The number of hydrogen-bond donors (Lipinski definition) is 1. The fourth-order valence-electron chi connectivity index (χ4n) is 1.78. The van der Waals surface area contributed by atoms with Crippen molar-refractivity contribution < 1.29 is 9.53 Å². The predicted octanol–water partition coefficient (Wildman–Crippen LogP) is 1.64. The molecule has 0 aliphatic rings. The highest BCUT2D eigenvalue weighted by atomic mass is 16.5. The first-order valence-electron chi connectivity index (χ1n) is 4.82. The van der Waals surface area contributed by atoms with Gasteiger partial charge in [0, 0.05) is 12.3 Å². The second kappa shape index (κ2) is 3.10. The van der Waals surface area contributed by atoms with Gasteiger partial charge in [-0.3, -0.25) is 9.20 Å². The Morgan fingerprint density at radius 1 is 1.50 bits per heavy atom. The second-order valence-corrected chi connectivity index (χ2v) is 3.49. The third-order valence-electron chi connectivity index (χ3n) is 2.55. The molecule has 0 unspecified atom stereocenters. The molecular formula is C11H9N3O2. The molecule has 5 nitrogen and oxygen atoms in total. The lowest BCUT2D eigenvalue weighted by atomic mass is 10.3. The molecule has 80 valence electrons. The van der Waals surface area contributed by atoms with E-state index in [1.165, 1.54) is 0 Å². The number of nitrogens with zero attached hydrogens (tertiary/aromatic N) is 2. The van der Waals surface area contributed by atoms with Gasteiger partial charge in [-0.2, -0.15) is 0 Å². The van der Waals surface area contributed by atoms with Crippen molar-refractivity contribution in [2.45, 2.75) is 0 Å². The van der Waals surface area contributed by atoms with Crippen LogP contribution in [0.3, 0.4) is 0 Å². The fourth-order valence-corrected chi connectivity index (χ4v) is 1.78. The van der Waals surface area contributed by atoms with Crippen molar-refractivity contribution in [2.24, 2.45) is 0 Å². The zero-order valence-electron chi connectivity index (χ0n) is 8.60. The van der Waals surface area contributed by atoms with Crippen LogP contribution in [0.4, 0.5) is 0 Å². The Bertz CT molecular complexity index is 681. The molecule has 0 atom stereocenters. The molecule has 0 radical (unpaired) electrons. The molecule has 0 amide bonds. The molecule has 2 aromatic heterocycles. The SMILES string of the molecule is COc1ccc2c(c1)nc1[nH]c(C=O)cn12. The van der Waals surface area contributed by atoms with Crippen molar-refractivity contribution in [3.8, 4) is 5.75 Å². The average Bonchev–Trinajstić information content (AvgIpc) is 2.84. The van der Waals surface area contributed by atoms with Crippen molar-refractivity contribution in [1.29, 1.82) is 0 Å². The lowest BCUT2D eigenvalue weighted by Crippen LogP contribution is -1.83. The fraction of sp³-hybridized carbons (Fsp3) is 0.0909. The maximum atomic E-state index is 10.6. The largest absolute Gasteiger partial charge is 0.497 e. The number of aromatic nitrogens is 3. The zero-order chi connectivity index (χ0) is 11.1. The molecule has 0 saturated carbocycles. The minimum Gasteiger partial charge on any atom is -0.497 e. The number of nitrogens with one attached hydrogen (secondary N) is 1. The highest BCUT2D eigenvalue weighted by Gasteiger charge is 2.08.